The highest BCUT2D eigenvalue weighted by Crippen LogP contribution is 2.60. The van der Waals surface area contributed by atoms with Crippen LogP contribution < -0.4 is 0 Å². The molecule has 4 rings (SSSR count). The zero-order valence-corrected chi connectivity index (χ0v) is 13.6. The fourth-order valence-corrected chi connectivity index (χ4v) is 8.60. The number of carbonyl (C=O) groups excluding carboxylic acids is 1. The topological polar surface area (TPSA) is 69.7 Å². The summed E-state index contributed by atoms with van der Waals surface area (Å²) in [6.07, 6.45) is 5.71. The maximum Gasteiger partial charge on any atom is 0.358 e. The summed E-state index contributed by atoms with van der Waals surface area (Å²) < 4.78 is 35.0. The molecule has 2 saturated carbocycles. The molecule has 118 valence electrons. The minimum Gasteiger partial charge on any atom is -0.428 e. The maximum atomic E-state index is 12.2. The fraction of sp³-hybridized carbons (Fsp3) is 0.929. The SMILES string of the molecule is O=C(C[S+]1CCCCC1)OC12CC3CC1C(C3)S(=O)(=O)O2. The number of hydrogen-bond donors (Lipinski definition) is 0. The summed E-state index contributed by atoms with van der Waals surface area (Å²) in [7, 11) is -3.43. The Morgan fingerprint density at radius 3 is 2.71 bits per heavy atom. The van der Waals surface area contributed by atoms with Crippen molar-refractivity contribution >= 4 is 27.0 Å². The number of carbonyl (C=O) groups is 1. The fourth-order valence-electron chi connectivity index (χ4n) is 4.52. The normalized spacial score (nSPS) is 44.1. The number of esters is 1. The highest BCUT2D eigenvalue weighted by molar-refractivity contribution is 7.97. The summed E-state index contributed by atoms with van der Waals surface area (Å²) in [6, 6.07) is 0. The largest absolute Gasteiger partial charge is 0.428 e. The minimum absolute atomic E-state index is 0.118. The van der Waals surface area contributed by atoms with Crippen molar-refractivity contribution in [2.75, 3.05) is 17.3 Å². The lowest BCUT2D eigenvalue weighted by Crippen LogP contribution is -2.42. The molecule has 0 aromatic heterocycles. The first-order chi connectivity index (χ1) is 9.98. The van der Waals surface area contributed by atoms with Gasteiger partial charge in [-0.1, -0.05) is 0 Å². The van der Waals surface area contributed by atoms with Crippen LogP contribution in [-0.4, -0.2) is 42.7 Å². The van der Waals surface area contributed by atoms with Crippen molar-refractivity contribution in [3.8, 4) is 0 Å². The molecule has 21 heavy (non-hydrogen) atoms. The zero-order valence-electron chi connectivity index (χ0n) is 12.0. The molecule has 2 aliphatic carbocycles. The van der Waals surface area contributed by atoms with Crippen LogP contribution in [0.1, 0.15) is 38.5 Å². The van der Waals surface area contributed by atoms with Gasteiger partial charge in [-0.15, -0.1) is 0 Å². The summed E-state index contributed by atoms with van der Waals surface area (Å²) in [5, 5.41) is -0.443. The first kappa shape index (κ1) is 14.3. The first-order valence-electron chi connectivity index (χ1n) is 7.79. The summed E-state index contributed by atoms with van der Waals surface area (Å²) in [6.45, 7) is 0. The average Bonchev–Trinajstić information content (AvgIpc) is 2.99. The van der Waals surface area contributed by atoms with E-state index in [-0.39, 0.29) is 22.8 Å². The lowest BCUT2D eigenvalue weighted by molar-refractivity contribution is -0.201. The maximum absolute atomic E-state index is 12.2. The summed E-state index contributed by atoms with van der Waals surface area (Å²) >= 11 is 0. The monoisotopic (exact) mass is 333 g/mol. The molecule has 4 unspecified atom stereocenters. The molecule has 0 aromatic rings. The molecule has 4 aliphatic rings. The van der Waals surface area contributed by atoms with E-state index in [1.807, 2.05) is 0 Å². The molecule has 4 atom stereocenters. The molecule has 7 heteroatoms. The predicted octanol–water partition coefficient (Wildman–Crippen LogP) is 1.19. The molecular weight excluding hydrogens is 312 g/mol. The second-order valence-corrected chi connectivity index (χ2v) is 10.9. The first-order valence-corrected chi connectivity index (χ1v) is 11.0. The third kappa shape index (κ3) is 2.32. The van der Waals surface area contributed by atoms with E-state index >= 15 is 0 Å². The van der Waals surface area contributed by atoms with E-state index in [1.54, 1.807) is 0 Å². The standard InChI is InChI=1S/C14H21O5S2/c15-13(9-20-4-2-1-3-5-20)18-14-8-10-6-11(14)12(7-10)21(16,17)19-14/h10-12H,1-9H2/q+1. The molecule has 4 fully saturated rings. The van der Waals surface area contributed by atoms with Gasteiger partial charge in [0.2, 0.25) is 11.5 Å². The number of fused-ring (bicyclic) bond motifs is 1. The minimum atomic E-state index is -3.54. The smallest absolute Gasteiger partial charge is 0.358 e. The highest BCUT2D eigenvalue weighted by atomic mass is 32.2. The Kier molecular flexibility index (Phi) is 3.32. The van der Waals surface area contributed by atoms with Crippen molar-refractivity contribution in [1.82, 2.24) is 0 Å². The van der Waals surface area contributed by atoms with E-state index in [4.69, 9.17) is 8.92 Å². The Morgan fingerprint density at radius 2 is 2.00 bits per heavy atom. The van der Waals surface area contributed by atoms with Gasteiger partial charge in [0.05, 0.1) is 5.25 Å². The van der Waals surface area contributed by atoms with Crippen molar-refractivity contribution in [1.29, 1.82) is 0 Å². The molecule has 0 spiro atoms. The summed E-state index contributed by atoms with van der Waals surface area (Å²) in [5.74, 6) is 1.44. The molecule has 2 saturated heterocycles. The van der Waals surface area contributed by atoms with Crippen molar-refractivity contribution in [3.63, 3.8) is 0 Å². The molecule has 2 bridgehead atoms. The summed E-state index contributed by atoms with van der Waals surface area (Å²) in [5.41, 5.74) is 0. The van der Waals surface area contributed by atoms with Gasteiger partial charge >= 0.3 is 5.97 Å². The lowest BCUT2D eigenvalue weighted by atomic mass is 9.94. The van der Waals surface area contributed by atoms with Gasteiger partial charge in [-0.25, -0.2) is 8.98 Å². The van der Waals surface area contributed by atoms with Crippen molar-refractivity contribution < 1.29 is 22.1 Å². The van der Waals surface area contributed by atoms with Gasteiger partial charge in [0, 0.05) is 12.3 Å². The van der Waals surface area contributed by atoms with Crippen LogP contribution in [0.15, 0.2) is 0 Å². The Labute approximate surface area is 128 Å². The Hall–Kier alpha value is -0.270. The van der Waals surface area contributed by atoms with Crippen molar-refractivity contribution in [3.05, 3.63) is 0 Å². The average molecular weight is 333 g/mol. The van der Waals surface area contributed by atoms with Gasteiger partial charge in [0.25, 0.3) is 10.1 Å². The van der Waals surface area contributed by atoms with Gasteiger partial charge in [-0.2, -0.15) is 8.42 Å². The Bertz CT molecular complexity index is 554. The van der Waals surface area contributed by atoms with Crippen LogP contribution in [-0.2, 0) is 34.7 Å². The van der Waals surface area contributed by atoms with Crippen LogP contribution >= 0.6 is 0 Å². The number of rotatable bonds is 3. The number of hydrogen-bond acceptors (Lipinski definition) is 5. The third-order valence-corrected chi connectivity index (χ3v) is 9.50. The zero-order chi connectivity index (χ0) is 14.7. The molecule has 5 nitrogen and oxygen atoms in total. The second-order valence-electron chi connectivity index (χ2n) is 6.77. The van der Waals surface area contributed by atoms with Crippen LogP contribution in [0.5, 0.6) is 0 Å². The van der Waals surface area contributed by atoms with E-state index in [1.165, 1.54) is 19.3 Å². The van der Waals surface area contributed by atoms with E-state index in [0.29, 0.717) is 24.5 Å². The van der Waals surface area contributed by atoms with Gasteiger partial charge in [-0.05, 0) is 48.9 Å². The van der Waals surface area contributed by atoms with Crippen LogP contribution in [0.4, 0.5) is 0 Å². The van der Waals surface area contributed by atoms with E-state index in [9.17, 15) is 13.2 Å². The van der Waals surface area contributed by atoms with Crippen LogP contribution in [0, 0.1) is 11.8 Å². The van der Waals surface area contributed by atoms with E-state index in [2.05, 4.69) is 0 Å². The van der Waals surface area contributed by atoms with Crippen LogP contribution in [0.3, 0.4) is 0 Å². The Morgan fingerprint density at radius 1 is 1.24 bits per heavy atom. The quantitative estimate of drug-likeness (QED) is 0.441. The van der Waals surface area contributed by atoms with Gasteiger partial charge in [-0.3, -0.25) is 0 Å². The molecule has 0 amide bonds. The van der Waals surface area contributed by atoms with E-state index in [0.717, 1.165) is 17.9 Å². The lowest BCUT2D eigenvalue weighted by Gasteiger charge is -2.29. The summed E-state index contributed by atoms with van der Waals surface area (Å²) in [4.78, 5) is 12.2. The van der Waals surface area contributed by atoms with Crippen LogP contribution in [0.25, 0.3) is 0 Å². The Balaban J connectivity index is 1.46. The molecule has 0 aromatic carbocycles. The van der Waals surface area contributed by atoms with Gasteiger partial charge in [0.1, 0.15) is 11.5 Å². The van der Waals surface area contributed by atoms with Crippen molar-refractivity contribution in [2.45, 2.75) is 49.6 Å². The number of ether oxygens (including phenoxy) is 1. The molecule has 0 N–H and O–H groups in total. The molecule has 0 radical (unpaired) electrons. The van der Waals surface area contributed by atoms with Crippen LogP contribution in [0.2, 0.25) is 0 Å². The highest BCUT2D eigenvalue weighted by Gasteiger charge is 2.70. The molecular formula is C14H21O5S2+. The predicted molar refractivity (Wildman–Crippen MR) is 79.3 cm³/mol. The van der Waals surface area contributed by atoms with E-state index < -0.39 is 21.2 Å². The van der Waals surface area contributed by atoms with Gasteiger partial charge in [0.15, 0.2) is 0 Å². The molecule has 2 heterocycles. The molecule has 2 aliphatic heterocycles. The van der Waals surface area contributed by atoms with Crippen molar-refractivity contribution in [2.24, 2.45) is 11.8 Å². The third-order valence-electron chi connectivity index (χ3n) is 5.34. The second kappa shape index (κ2) is 4.86. The van der Waals surface area contributed by atoms with Gasteiger partial charge < -0.3 is 4.74 Å².